The van der Waals surface area contributed by atoms with Crippen LogP contribution in [0.1, 0.15) is 15.9 Å². The van der Waals surface area contributed by atoms with E-state index in [1.54, 1.807) is 0 Å². The number of esters is 1. The lowest BCUT2D eigenvalue weighted by Gasteiger charge is -2.10. The molecule has 0 radical (unpaired) electrons. The van der Waals surface area contributed by atoms with Gasteiger partial charge in [0, 0.05) is 12.4 Å². The van der Waals surface area contributed by atoms with E-state index in [1.165, 1.54) is 6.07 Å². The second-order valence-electron chi connectivity index (χ2n) is 4.67. The van der Waals surface area contributed by atoms with Crippen LogP contribution in [0.4, 0.5) is 19.0 Å². The first kappa shape index (κ1) is 20.2. The number of pyridine rings is 2. The van der Waals surface area contributed by atoms with Crippen LogP contribution >= 0.6 is 34.8 Å². The first-order valence-electron chi connectivity index (χ1n) is 6.58. The third-order valence-corrected chi connectivity index (χ3v) is 3.77. The Bertz CT molecular complexity index is 862. The Kier molecular flexibility index (Phi) is 6.27. The number of carbonyl (C=O) groups is 2. The minimum Gasteiger partial charge on any atom is -0.452 e. The van der Waals surface area contributed by atoms with Gasteiger partial charge in [0.05, 0.1) is 21.2 Å². The number of hydrogen-bond donors (Lipinski definition) is 1. The lowest BCUT2D eigenvalue weighted by Crippen LogP contribution is -2.22. The first-order chi connectivity index (χ1) is 12.1. The number of rotatable bonds is 4. The largest absolute Gasteiger partial charge is 0.452 e. The molecule has 0 aromatic carbocycles. The van der Waals surface area contributed by atoms with Crippen molar-refractivity contribution in [2.75, 3.05) is 11.9 Å². The number of carbonyl (C=O) groups excluding carboxylic acids is 2. The fraction of sp³-hybridized carbons (Fsp3) is 0.143. The van der Waals surface area contributed by atoms with Crippen LogP contribution in [0, 0.1) is 0 Å². The summed E-state index contributed by atoms with van der Waals surface area (Å²) < 4.78 is 42.3. The van der Waals surface area contributed by atoms with Crippen molar-refractivity contribution in [1.82, 2.24) is 9.97 Å². The standard InChI is InChI=1S/C14H7Cl3F3N3O3/c15-8-1-6(3-21-11(8)17)13(25)26-5-10(24)23-12-9(16)2-7(4-22-12)14(18,19)20/h1-4H,5H2,(H,22,23,24). The highest BCUT2D eigenvalue weighted by molar-refractivity contribution is 6.41. The Morgan fingerprint density at radius 2 is 1.77 bits per heavy atom. The van der Waals surface area contributed by atoms with Crippen molar-refractivity contribution >= 4 is 52.5 Å². The predicted molar refractivity (Wildman–Crippen MR) is 87.4 cm³/mol. The molecule has 26 heavy (non-hydrogen) atoms. The third kappa shape index (κ3) is 5.20. The van der Waals surface area contributed by atoms with E-state index in [4.69, 9.17) is 39.5 Å². The third-order valence-electron chi connectivity index (χ3n) is 2.79. The molecular formula is C14H7Cl3F3N3O3. The van der Waals surface area contributed by atoms with Crippen molar-refractivity contribution in [3.8, 4) is 0 Å². The van der Waals surface area contributed by atoms with E-state index in [1.807, 2.05) is 0 Å². The molecule has 0 aliphatic heterocycles. The van der Waals surface area contributed by atoms with Gasteiger partial charge in [-0.05, 0) is 12.1 Å². The molecule has 2 aromatic rings. The number of nitrogens with zero attached hydrogens (tertiary/aromatic N) is 2. The molecule has 0 saturated carbocycles. The first-order valence-corrected chi connectivity index (χ1v) is 7.72. The number of ether oxygens (including phenoxy) is 1. The Morgan fingerprint density at radius 1 is 1.08 bits per heavy atom. The Labute approximate surface area is 159 Å². The molecule has 0 spiro atoms. The summed E-state index contributed by atoms with van der Waals surface area (Å²) in [4.78, 5) is 30.6. The van der Waals surface area contributed by atoms with E-state index in [2.05, 4.69) is 15.3 Å². The average Bonchev–Trinajstić information content (AvgIpc) is 2.56. The molecule has 1 amide bonds. The lowest BCUT2D eigenvalue weighted by molar-refractivity contribution is -0.137. The SMILES string of the molecule is O=C(COC(=O)c1cnc(Cl)c(Cl)c1)Nc1ncc(C(F)(F)F)cc1Cl. The van der Waals surface area contributed by atoms with Crippen LogP contribution < -0.4 is 5.32 Å². The molecule has 0 unspecified atom stereocenters. The molecule has 0 saturated heterocycles. The van der Waals surface area contributed by atoms with Gasteiger partial charge >= 0.3 is 12.1 Å². The quantitative estimate of drug-likeness (QED) is 0.582. The van der Waals surface area contributed by atoms with E-state index in [9.17, 15) is 22.8 Å². The molecule has 0 fully saturated rings. The fourth-order valence-corrected chi connectivity index (χ4v) is 2.08. The summed E-state index contributed by atoms with van der Waals surface area (Å²) in [6.45, 7) is -0.738. The zero-order valence-electron chi connectivity index (χ0n) is 12.4. The zero-order chi connectivity index (χ0) is 19.5. The summed E-state index contributed by atoms with van der Waals surface area (Å²) in [5, 5.41) is 1.71. The normalized spacial score (nSPS) is 11.2. The van der Waals surface area contributed by atoms with Gasteiger partial charge in [0.15, 0.2) is 12.4 Å². The Hall–Kier alpha value is -2.10. The number of anilines is 1. The van der Waals surface area contributed by atoms with Crippen LogP contribution in [0.5, 0.6) is 0 Å². The molecule has 1 N–H and O–H groups in total. The van der Waals surface area contributed by atoms with Crippen molar-refractivity contribution in [3.05, 3.63) is 50.9 Å². The summed E-state index contributed by atoms with van der Waals surface area (Å²) in [5.41, 5.74) is -1.11. The lowest BCUT2D eigenvalue weighted by atomic mass is 10.3. The molecule has 138 valence electrons. The summed E-state index contributed by atoms with van der Waals surface area (Å²) in [7, 11) is 0. The smallest absolute Gasteiger partial charge is 0.417 e. The van der Waals surface area contributed by atoms with Gasteiger partial charge in [-0.15, -0.1) is 0 Å². The maximum atomic E-state index is 12.5. The monoisotopic (exact) mass is 427 g/mol. The molecule has 0 atom stereocenters. The van der Waals surface area contributed by atoms with Gasteiger partial charge in [-0.3, -0.25) is 4.79 Å². The van der Waals surface area contributed by atoms with Gasteiger partial charge < -0.3 is 10.1 Å². The zero-order valence-corrected chi connectivity index (χ0v) is 14.7. The van der Waals surface area contributed by atoms with Crippen molar-refractivity contribution in [2.24, 2.45) is 0 Å². The van der Waals surface area contributed by atoms with Gasteiger partial charge in [-0.2, -0.15) is 13.2 Å². The van der Waals surface area contributed by atoms with Crippen molar-refractivity contribution in [2.45, 2.75) is 6.18 Å². The van der Waals surface area contributed by atoms with Gasteiger partial charge in [-0.1, -0.05) is 34.8 Å². The molecule has 12 heteroatoms. The Morgan fingerprint density at radius 3 is 2.35 bits per heavy atom. The average molecular weight is 429 g/mol. The van der Waals surface area contributed by atoms with Gasteiger partial charge in [0.1, 0.15) is 5.15 Å². The Balaban J connectivity index is 1.96. The summed E-state index contributed by atoms with van der Waals surface area (Å²) >= 11 is 17.0. The van der Waals surface area contributed by atoms with Gasteiger partial charge in [-0.25, -0.2) is 14.8 Å². The van der Waals surface area contributed by atoms with E-state index in [0.29, 0.717) is 12.3 Å². The molecular weight excluding hydrogens is 422 g/mol. The van der Waals surface area contributed by atoms with Crippen LogP contribution in [0.2, 0.25) is 15.2 Å². The van der Waals surface area contributed by atoms with Crippen molar-refractivity contribution in [3.63, 3.8) is 0 Å². The maximum Gasteiger partial charge on any atom is 0.417 e. The van der Waals surface area contributed by atoms with Crippen LogP contribution in [0.15, 0.2) is 24.5 Å². The minimum absolute atomic E-state index is 0.0102. The van der Waals surface area contributed by atoms with Crippen LogP contribution in [-0.2, 0) is 15.7 Å². The molecule has 2 rings (SSSR count). The number of hydrogen-bond acceptors (Lipinski definition) is 5. The maximum absolute atomic E-state index is 12.5. The summed E-state index contributed by atoms with van der Waals surface area (Å²) in [5.74, 6) is -2.07. The van der Waals surface area contributed by atoms with Gasteiger partial charge in [0.25, 0.3) is 5.91 Å². The number of alkyl halides is 3. The van der Waals surface area contributed by atoms with Gasteiger partial charge in [0.2, 0.25) is 0 Å². The summed E-state index contributed by atoms with van der Waals surface area (Å²) in [6.07, 6.45) is -3.01. The highest BCUT2D eigenvalue weighted by Gasteiger charge is 2.31. The molecule has 2 aromatic heterocycles. The number of nitrogens with one attached hydrogen (secondary N) is 1. The molecule has 0 aliphatic carbocycles. The number of amides is 1. The number of aromatic nitrogens is 2. The fourth-order valence-electron chi connectivity index (χ4n) is 1.60. The van der Waals surface area contributed by atoms with E-state index >= 15 is 0 Å². The van der Waals surface area contributed by atoms with Crippen molar-refractivity contribution in [1.29, 1.82) is 0 Å². The highest BCUT2D eigenvalue weighted by Crippen LogP contribution is 2.32. The topological polar surface area (TPSA) is 81.2 Å². The highest BCUT2D eigenvalue weighted by atomic mass is 35.5. The number of halogens is 6. The van der Waals surface area contributed by atoms with Crippen LogP contribution in [0.25, 0.3) is 0 Å². The van der Waals surface area contributed by atoms with E-state index in [0.717, 1.165) is 6.20 Å². The van der Waals surface area contributed by atoms with Crippen LogP contribution in [-0.4, -0.2) is 28.5 Å². The summed E-state index contributed by atoms with van der Waals surface area (Å²) in [6, 6.07) is 1.81. The van der Waals surface area contributed by atoms with Crippen LogP contribution in [0.3, 0.4) is 0 Å². The molecule has 0 bridgehead atoms. The molecule has 0 aliphatic rings. The minimum atomic E-state index is -4.62. The second-order valence-corrected chi connectivity index (χ2v) is 5.85. The van der Waals surface area contributed by atoms with E-state index < -0.39 is 35.2 Å². The molecule has 2 heterocycles. The second kappa shape index (κ2) is 8.07. The van der Waals surface area contributed by atoms with E-state index in [-0.39, 0.29) is 21.6 Å². The van der Waals surface area contributed by atoms with Crippen molar-refractivity contribution < 1.29 is 27.5 Å². The molecule has 6 nitrogen and oxygen atoms in total. The predicted octanol–water partition coefficient (Wildman–Crippen LogP) is 4.25.